The summed E-state index contributed by atoms with van der Waals surface area (Å²) in [5, 5.41) is -0.903. The second-order valence-electron chi connectivity index (χ2n) is 2.83. The third-order valence-electron chi connectivity index (χ3n) is 1.67. The summed E-state index contributed by atoms with van der Waals surface area (Å²) >= 11 is 0.520. The van der Waals surface area contributed by atoms with E-state index in [-0.39, 0.29) is 5.95 Å². The predicted octanol–water partition coefficient (Wildman–Crippen LogP) is 2.20. The summed E-state index contributed by atoms with van der Waals surface area (Å²) in [5.41, 5.74) is 5.66. The molecule has 0 aliphatic carbocycles. The van der Waals surface area contributed by atoms with Gasteiger partial charge in [-0.25, -0.2) is 15.0 Å². The largest absolute Gasteiger partial charge is 0.443 e. The first-order valence-electron chi connectivity index (χ1n) is 4.09. The maximum Gasteiger partial charge on any atom is 0.443 e. The molecule has 2 aromatic heterocycles. The lowest BCUT2D eigenvalue weighted by Crippen LogP contribution is -2.02. The number of nitrogen functional groups attached to an aromatic ring is 1. The van der Waals surface area contributed by atoms with E-state index in [1.807, 2.05) is 0 Å². The van der Waals surface area contributed by atoms with Gasteiger partial charge in [-0.15, -0.1) is 11.3 Å². The fourth-order valence-corrected chi connectivity index (χ4v) is 1.79. The highest BCUT2D eigenvalue weighted by Gasteiger charge is 2.34. The molecule has 2 aromatic rings. The number of aromatic nitrogens is 3. The second kappa shape index (κ2) is 3.71. The van der Waals surface area contributed by atoms with Gasteiger partial charge in [0, 0.05) is 12.4 Å². The van der Waals surface area contributed by atoms with Crippen LogP contribution in [0.1, 0.15) is 5.01 Å². The van der Waals surface area contributed by atoms with Crippen LogP contribution < -0.4 is 5.73 Å². The van der Waals surface area contributed by atoms with Crippen molar-refractivity contribution in [3.63, 3.8) is 0 Å². The van der Waals surface area contributed by atoms with Gasteiger partial charge in [0.05, 0.1) is 10.6 Å². The molecule has 2 N–H and O–H groups in total. The minimum Gasteiger partial charge on any atom is -0.368 e. The van der Waals surface area contributed by atoms with Crippen LogP contribution in [0.4, 0.5) is 19.1 Å². The first kappa shape index (κ1) is 10.8. The van der Waals surface area contributed by atoms with Crippen LogP contribution in [-0.2, 0) is 6.18 Å². The zero-order valence-corrected chi connectivity index (χ0v) is 8.51. The number of hydrogen-bond acceptors (Lipinski definition) is 5. The Labute approximate surface area is 92.0 Å². The summed E-state index contributed by atoms with van der Waals surface area (Å²) in [6, 6.07) is 1.48. The molecule has 0 saturated heterocycles. The van der Waals surface area contributed by atoms with Crippen molar-refractivity contribution in [2.45, 2.75) is 6.18 Å². The fraction of sp³-hybridized carbons (Fsp3) is 0.125. The van der Waals surface area contributed by atoms with Crippen molar-refractivity contribution >= 4 is 17.3 Å². The summed E-state index contributed by atoms with van der Waals surface area (Å²) in [6.45, 7) is 0. The van der Waals surface area contributed by atoms with E-state index in [1.165, 1.54) is 12.3 Å². The van der Waals surface area contributed by atoms with E-state index >= 15 is 0 Å². The van der Waals surface area contributed by atoms with Gasteiger partial charge < -0.3 is 5.73 Å². The molecule has 0 aliphatic heterocycles. The van der Waals surface area contributed by atoms with E-state index in [1.54, 1.807) is 0 Å². The normalized spacial score (nSPS) is 11.7. The summed E-state index contributed by atoms with van der Waals surface area (Å²) < 4.78 is 36.9. The second-order valence-corrected chi connectivity index (χ2v) is 3.86. The SMILES string of the molecule is Nc1nccc(-c2cnc(C(F)(F)F)s2)n1. The van der Waals surface area contributed by atoms with Gasteiger partial charge in [0.25, 0.3) is 0 Å². The molecule has 0 aliphatic rings. The van der Waals surface area contributed by atoms with Crippen molar-refractivity contribution in [1.82, 2.24) is 15.0 Å². The van der Waals surface area contributed by atoms with Crippen LogP contribution in [-0.4, -0.2) is 15.0 Å². The zero-order valence-electron chi connectivity index (χ0n) is 7.69. The fourth-order valence-electron chi connectivity index (χ4n) is 1.03. The van der Waals surface area contributed by atoms with Gasteiger partial charge in [-0.1, -0.05) is 0 Å². The molecule has 2 heterocycles. The Morgan fingerprint density at radius 2 is 2.00 bits per heavy atom. The highest BCUT2D eigenvalue weighted by Crippen LogP contribution is 2.35. The van der Waals surface area contributed by atoms with Gasteiger partial charge in [-0.3, -0.25) is 0 Å². The summed E-state index contributed by atoms with van der Waals surface area (Å²) in [4.78, 5) is 11.1. The highest BCUT2D eigenvalue weighted by atomic mass is 32.1. The van der Waals surface area contributed by atoms with E-state index in [2.05, 4.69) is 15.0 Å². The number of nitrogens with zero attached hydrogens (tertiary/aromatic N) is 3. The van der Waals surface area contributed by atoms with E-state index in [4.69, 9.17) is 5.73 Å². The minimum atomic E-state index is -4.43. The van der Waals surface area contributed by atoms with Gasteiger partial charge in [0.15, 0.2) is 5.01 Å². The molecule has 0 fully saturated rings. The van der Waals surface area contributed by atoms with Crippen molar-refractivity contribution in [2.24, 2.45) is 0 Å². The molecule has 16 heavy (non-hydrogen) atoms. The zero-order chi connectivity index (χ0) is 11.8. The molecular formula is C8H5F3N4S. The van der Waals surface area contributed by atoms with Crippen LogP contribution >= 0.6 is 11.3 Å². The van der Waals surface area contributed by atoms with Gasteiger partial charge in [-0.05, 0) is 6.07 Å². The highest BCUT2D eigenvalue weighted by molar-refractivity contribution is 7.15. The van der Waals surface area contributed by atoms with Crippen molar-refractivity contribution in [3.8, 4) is 10.6 Å². The maximum atomic E-state index is 12.3. The molecule has 2 rings (SSSR count). The molecule has 0 bridgehead atoms. The molecule has 0 aromatic carbocycles. The predicted molar refractivity (Wildman–Crippen MR) is 52.6 cm³/mol. The molecule has 0 amide bonds. The quantitative estimate of drug-likeness (QED) is 0.837. The number of hydrogen-bond donors (Lipinski definition) is 1. The van der Waals surface area contributed by atoms with Gasteiger partial charge in [0.2, 0.25) is 5.95 Å². The summed E-state index contributed by atoms with van der Waals surface area (Å²) in [7, 11) is 0. The van der Waals surface area contributed by atoms with Crippen LogP contribution in [0.15, 0.2) is 18.5 Å². The van der Waals surface area contributed by atoms with E-state index < -0.39 is 11.2 Å². The van der Waals surface area contributed by atoms with E-state index in [0.717, 1.165) is 6.20 Å². The van der Waals surface area contributed by atoms with Gasteiger partial charge in [0.1, 0.15) is 0 Å². The summed E-state index contributed by atoms with van der Waals surface area (Å²) in [6.07, 6.45) is -1.93. The number of halogens is 3. The van der Waals surface area contributed by atoms with Crippen molar-refractivity contribution in [2.75, 3.05) is 5.73 Å². The Balaban J connectivity index is 2.39. The first-order chi connectivity index (χ1) is 7.47. The lowest BCUT2D eigenvalue weighted by molar-refractivity contribution is -0.137. The smallest absolute Gasteiger partial charge is 0.368 e. The molecule has 0 radical (unpaired) electrons. The average molecular weight is 246 g/mol. The topological polar surface area (TPSA) is 64.7 Å². The number of thiazole rings is 1. The van der Waals surface area contributed by atoms with Crippen LogP contribution in [0.2, 0.25) is 0 Å². The third-order valence-corrected chi connectivity index (χ3v) is 2.74. The van der Waals surface area contributed by atoms with Gasteiger partial charge in [-0.2, -0.15) is 13.2 Å². The molecule has 8 heteroatoms. The lowest BCUT2D eigenvalue weighted by Gasteiger charge is -1.99. The molecule has 0 saturated carbocycles. The molecule has 4 nitrogen and oxygen atoms in total. The summed E-state index contributed by atoms with van der Waals surface area (Å²) in [5.74, 6) is 0.0134. The Morgan fingerprint density at radius 1 is 1.25 bits per heavy atom. The standard InChI is InChI=1S/C8H5F3N4S/c9-8(10,11)6-14-3-5(16-6)4-1-2-13-7(12)15-4/h1-3H,(H2,12,13,15). The molecule has 0 atom stereocenters. The van der Waals surface area contributed by atoms with Crippen molar-refractivity contribution in [1.29, 1.82) is 0 Å². The Kier molecular flexibility index (Phi) is 2.50. The average Bonchev–Trinajstić information content (AvgIpc) is 2.65. The monoisotopic (exact) mass is 246 g/mol. The first-order valence-corrected chi connectivity index (χ1v) is 4.90. The number of anilines is 1. The number of rotatable bonds is 1. The van der Waals surface area contributed by atoms with E-state index in [9.17, 15) is 13.2 Å². The minimum absolute atomic E-state index is 0.0134. The molecular weight excluding hydrogens is 241 g/mol. The molecule has 84 valence electrons. The van der Waals surface area contributed by atoms with E-state index in [0.29, 0.717) is 21.9 Å². The maximum absolute atomic E-state index is 12.3. The number of nitrogens with two attached hydrogens (primary N) is 1. The van der Waals surface area contributed by atoms with Crippen molar-refractivity contribution in [3.05, 3.63) is 23.5 Å². The Morgan fingerprint density at radius 3 is 2.56 bits per heavy atom. The van der Waals surface area contributed by atoms with Crippen LogP contribution in [0, 0.1) is 0 Å². The third kappa shape index (κ3) is 2.11. The van der Waals surface area contributed by atoms with Crippen LogP contribution in [0.25, 0.3) is 10.6 Å². The lowest BCUT2D eigenvalue weighted by atomic mass is 10.4. The van der Waals surface area contributed by atoms with Crippen LogP contribution in [0.5, 0.6) is 0 Å². The van der Waals surface area contributed by atoms with Crippen molar-refractivity contribution < 1.29 is 13.2 Å². The van der Waals surface area contributed by atoms with Crippen LogP contribution in [0.3, 0.4) is 0 Å². The Bertz CT molecular complexity index is 508. The number of alkyl halides is 3. The molecule has 0 unspecified atom stereocenters. The Hall–Kier alpha value is -1.70. The molecule has 0 spiro atoms. The van der Waals surface area contributed by atoms with Gasteiger partial charge >= 0.3 is 6.18 Å².